The second-order valence-electron chi connectivity index (χ2n) is 23.1. The molecule has 0 heterocycles. The van der Waals surface area contributed by atoms with Gasteiger partial charge in [-0.25, -0.2) is 0 Å². The molecular weight excluding hydrogens is 985 g/mol. The van der Waals surface area contributed by atoms with Crippen LogP contribution in [0.4, 0.5) is 0 Å². The van der Waals surface area contributed by atoms with Crippen molar-refractivity contribution in [3.8, 4) is 0 Å². The summed E-state index contributed by atoms with van der Waals surface area (Å²) in [6.45, 7) is 6.54. The lowest BCUT2D eigenvalue weighted by molar-refractivity contribution is -0.167. The molecule has 0 rings (SSSR count). The van der Waals surface area contributed by atoms with Crippen LogP contribution in [0.2, 0.25) is 0 Å². The van der Waals surface area contributed by atoms with Crippen molar-refractivity contribution >= 4 is 17.9 Å². The number of hydrogen-bond donors (Lipinski definition) is 0. The van der Waals surface area contributed by atoms with Crippen LogP contribution < -0.4 is 0 Å². The van der Waals surface area contributed by atoms with E-state index in [-0.39, 0.29) is 31.1 Å². The molecule has 0 aromatic heterocycles. The van der Waals surface area contributed by atoms with Crippen molar-refractivity contribution in [1.82, 2.24) is 0 Å². The summed E-state index contributed by atoms with van der Waals surface area (Å²) in [6.07, 6.45) is 90.3. The van der Waals surface area contributed by atoms with Gasteiger partial charge in [-0.3, -0.25) is 14.4 Å². The molecule has 0 bridgehead atoms. The Kier molecular flexibility index (Phi) is 65.2. The van der Waals surface area contributed by atoms with Crippen LogP contribution in [0.3, 0.4) is 0 Å². The number of ether oxygens (including phenoxy) is 3. The molecular formula is C74H130O6. The quantitative estimate of drug-likeness (QED) is 0.0261. The van der Waals surface area contributed by atoms with Gasteiger partial charge in [0.25, 0.3) is 0 Å². The average Bonchev–Trinajstić information content (AvgIpc) is 3.46. The van der Waals surface area contributed by atoms with Crippen LogP contribution in [0.15, 0.2) is 85.1 Å². The first-order valence-electron chi connectivity index (χ1n) is 34.6. The highest BCUT2D eigenvalue weighted by Crippen LogP contribution is 2.17. The van der Waals surface area contributed by atoms with Crippen molar-refractivity contribution in [3.05, 3.63) is 85.1 Å². The largest absolute Gasteiger partial charge is 0.462 e. The fourth-order valence-electron chi connectivity index (χ4n) is 9.97. The highest BCUT2D eigenvalue weighted by Gasteiger charge is 2.19. The maximum absolute atomic E-state index is 12.9. The van der Waals surface area contributed by atoms with Gasteiger partial charge >= 0.3 is 17.9 Å². The van der Waals surface area contributed by atoms with Crippen LogP contribution in [0.5, 0.6) is 0 Å². The Morgan fingerprint density at radius 1 is 0.263 bits per heavy atom. The third-order valence-electron chi connectivity index (χ3n) is 15.1. The molecule has 0 spiro atoms. The minimum Gasteiger partial charge on any atom is -0.462 e. The number of carbonyl (C=O) groups is 3. The first kappa shape index (κ1) is 76.6. The fraction of sp³-hybridized carbons (Fsp3) is 0.770. The molecule has 0 radical (unpaired) electrons. The number of esters is 3. The zero-order valence-electron chi connectivity index (χ0n) is 53.1. The molecule has 0 aliphatic carbocycles. The van der Waals surface area contributed by atoms with Crippen LogP contribution in [0, 0.1) is 0 Å². The van der Waals surface area contributed by atoms with Gasteiger partial charge in [-0.15, -0.1) is 0 Å². The molecule has 0 saturated carbocycles. The standard InChI is InChI=1S/C74H130O6/c1-4-7-10-13-16-19-22-25-27-29-31-32-33-34-35-36-37-38-39-40-41-42-44-45-47-49-52-55-58-61-64-67-73(76)79-70-71(69-78-72(75)66-63-60-57-54-51-24-21-18-15-12-9-6-3)80-74(77)68-65-62-59-56-53-50-48-46-43-30-28-26-23-20-17-14-11-8-5-2/h7,10,16-17,19-20,25-28,31-32,34-35,71H,4-6,8-9,11-15,18,21-24,29-30,33,36-70H2,1-3H3/b10-7-,19-16-,20-17-,27-25-,28-26-,32-31-,35-34-. The molecule has 462 valence electrons. The third-order valence-corrected chi connectivity index (χ3v) is 15.1. The van der Waals surface area contributed by atoms with Gasteiger partial charge in [0.1, 0.15) is 13.2 Å². The number of hydrogen-bond acceptors (Lipinski definition) is 6. The summed E-state index contributed by atoms with van der Waals surface area (Å²) in [5.41, 5.74) is 0. The lowest BCUT2D eigenvalue weighted by Crippen LogP contribution is -2.30. The van der Waals surface area contributed by atoms with Gasteiger partial charge in [-0.2, -0.15) is 0 Å². The molecule has 0 fully saturated rings. The zero-order valence-corrected chi connectivity index (χ0v) is 53.1. The SMILES string of the molecule is CC/C=C\C/C=C\C/C=C\C/C=C\C/C=C\CCCCCCCCCCCCCCCCCC(=O)OCC(COC(=O)CCCCCCCCCCCCCC)OC(=O)CCCCCCCCCCC/C=C\C/C=C\CCCCC. The predicted octanol–water partition coefficient (Wildman–Crippen LogP) is 23.8. The topological polar surface area (TPSA) is 78.9 Å². The number of allylic oxidation sites excluding steroid dienone is 14. The Balaban J connectivity index is 4.20. The Labute approximate surface area is 496 Å². The summed E-state index contributed by atoms with van der Waals surface area (Å²) in [5.74, 6) is -0.859. The van der Waals surface area contributed by atoms with Crippen LogP contribution >= 0.6 is 0 Å². The van der Waals surface area contributed by atoms with Crippen LogP contribution in [-0.4, -0.2) is 37.2 Å². The van der Waals surface area contributed by atoms with E-state index in [4.69, 9.17) is 14.2 Å². The Bertz CT molecular complexity index is 1520. The van der Waals surface area contributed by atoms with Gasteiger partial charge in [0.05, 0.1) is 0 Å². The summed E-state index contributed by atoms with van der Waals surface area (Å²) in [7, 11) is 0. The molecule has 0 amide bonds. The summed E-state index contributed by atoms with van der Waals surface area (Å²) in [6, 6.07) is 0. The Morgan fingerprint density at radius 2 is 0.487 bits per heavy atom. The molecule has 80 heavy (non-hydrogen) atoms. The van der Waals surface area contributed by atoms with Crippen molar-refractivity contribution in [3.63, 3.8) is 0 Å². The van der Waals surface area contributed by atoms with E-state index in [2.05, 4.69) is 106 Å². The monoisotopic (exact) mass is 1110 g/mol. The minimum absolute atomic E-state index is 0.0730. The van der Waals surface area contributed by atoms with Gasteiger partial charge in [0, 0.05) is 19.3 Å². The van der Waals surface area contributed by atoms with Crippen molar-refractivity contribution in [2.45, 2.75) is 354 Å². The van der Waals surface area contributed by atoms with E-state index >= 15 is 0 Å². The zero-order chi connectivity index (χ0) is 57.8. The van der Waals surface area contributed by atoms with E-state index in [1.165, 1.54) is 212 Å². The highest BCUT2D eigenvalue weighted by atomic mass is 16.6. The van der Waals surface area contributed by atoms with Crippen molar-refractivity contribution in [2.24, 2.45) is 0 Å². The van der Waals surface area contributed by atoms with Gasteiger partial charge in [-0.1, -0.05) is 318 Å². The summed E-state index contributed by atoms with van der Waals surface area (Å²) < 4.78 is 17.0. The molecule has 0 aliphatic heterocycles. The van der Waals surface area contributed by atoms with Crippen molar-refractivity contribution in [1.29, 1.82) is 0 Å². The maximum atomic E-state index is 12.9. The average molecular weight is 1120 g/mol. The van der Waals surface area contributed by atoms with E-state index in [0.29, 0.717) is 19.3 Å². The van der Waals surface area contributed by atoms with E-state index < -0.39 is 6.10 Å². The normalized spacial score (nSPS) is 12.6. The Hall–Kier alpha value is -3.41. The summed E-state index contributed by atoms with van der Waals surface area (Å²) in [4.78, 5) is 38.4. The second-order valence-corrected chi connectivity index (χ2v) is 23.1. The molecule has 1 atom stereocenters. The third kappa shape index (κ3) is 65.4. The highest BCUT2D eigenvalue weighted by molar-refractivity contribution is 5.71. The Morgan fingerprint density at radius 3 is 0.787 bits per heavy atom. The van der Waals surface area contributed by atoms with E-state index in [9.17, 15) is 14.4 Å². The van der Waals surface area contributed by atoms with Gasteiger partial charge in [0.2, 0.25) is 0 Å². The molecule has 0 saturated heterocycles. The number of carbonyl (C=O) groups excluding carboxylic acids is 3. The molecule has 0 aliphatic rings. The van der Waals surface area contributed by atoms with Crippen molar-refractivity contribution < 1.29 is 28.6 Å². The van der Waals surface area contributed by atoms with Gasteiger partial charge < -0.3 is 14.2 Å². The van der Waals surface area contributed by atoms with Crippen LogP contribution in [-0.2, 0) is 28.6 Å². The lowest BCUT2D eigenvalue weighted by Gasteiger charge is -2.18. The number of rotatable bonds is 63. The van der Waals surface area contributed by atoms with Gasteiger partial charge in [0.15, 0.2) is 6.10 Å². The molecule has 6 nitrogen and oxygen atoms in total. The molecule has 6 heteroatoms. The van der Waals surface area contributed by atoms with Crippen molar-refractivity contribution in [2.75, 3.05) is 13.2 Å². The predicted molar refractivity (Wildman–Crippen MR) is 348 cm³/mol. The molecule has 0 N–H and O–H groups in total. The first-order chi connectivity index (χ1) is 39.5. The molecule has 1 unspecified atom stereocenters. The molecule has 0 aromatic carbocycles. The summed E-state index contributed by atoms with van der Waals surface area (Å²) in [5, 5.41) is 0. The minimum atomic E-state index is -0.777. The summed E-state index contributed by atoms with van der Waals surface area (Å²) >= 11 is 0. The molecule has 0 aromatic rings. The number of unbranched alkanes of at least 4 members (excludes halogenated alkanes) is 38. The van der Waals surface area contributed by atoms with E-state index in [1.807, 2.05) is 0 Å². The van der Waals surface area contributed by atoms with Crippen LogP contribution in [0.1, 0.15) is 348 Å². The second kappa shape index (κ2) is 68.1. The first-order valence-corrected chi connectivity index (χ1v) is 34.6. The van der Waals surface area contributed by atoms with Gasteiger partial charge in [-0.05, 0) is 96.3 Å². The maximum Gasteiger partial charge on any atom is 0.306 e. The fourth-order valence-corrected chi connectivity index (χ4v) is 9.97. The van der Waals surface area contributed by atoms with E-state index in [1.54, 1.807) is 0 Å². The lowest BCUT2D eigenvalue weighted by atomic mass is 10.0. The van der Waals surface area contributed by atoms with E-state index in [0.717, 1.165) is 96.3 Å². The smallest absolute Gasteiger partial charge is 0.306 e. The van der Waals surface area contributed by atoms with Crippen LogP contribution in [0.25, 0.3) is 0 Å².